The largest absolute Gasteiger partial charge is 0.278 e. The van der Waals surface area contributed by atoms with Crippen molar-refractivity contribution in [2.75, 3.05) is 10.9 Å². The highest BCUT2D eigenvalue weighted by Crippen LogP contribution is 2.27. The molecule has 0 saturated heterocycles. The molecule has 5 rings (SSSR count). The fourth-order valence-electron chi connectivity index (χ4n) is 3.99. The van der Waals surface area contributed by atoms with E-state index in [1.54, 1.807) is 36.7 Å². The lowest BCUT2D eigenvalue weighted by molar-refractivity contribution is -0.385. The lowest BCUT2D eigenvalue weighted by atomic mass is 9.97. The van der Waals surface area contributed by atoms with Gasteiger partial charge in [0, 0.05) is 35.4 Å². The van der Waals surface area contributed by atoms with E-state index >= 15 is 0 Å². The molecule has 0 radical (unpaired) electrons. The molecule has 2 N–H and O–H groups in total. The molecule has 0 aromatic heterocycles. The van der Waals surface area contributed by atoms with Crippen LogP contribution in [0.2, 0.25) is 0 Å². The maximum atomic E-state index is 10.8. The molecule has 0 amide bonds. The van der Waals surface area contributed by atoms with Gasteiger partial charge < -0.3 is 0 Å². The number of rotatable bonds is 8. The zero-order valence-corrected chi connectivity index (χ0v) is 19.8. The van der Waals surface area contributed by atoms with E-state index in [0.29, 0.717) is 11.4 Å². The summed E-state index contributed by atoms with van der Waals surface area (Å²) < 4.78 is 0. The van der Waals surface area contributed by atoms with Gasteiger partial charge in [-0.25, -0.2) is 0 Å². The Labute approximate surface area is 216 Å². The SMILES string of the molecule is O=[N+]([O-])c1ccc(N/N=C\c2cccc3cc4cccc(/C=N/Nc5ccc([N+](=O)[O-])cc5)c4cc23)cc1. The van der Waals surface area contributed by atoms with Crippen LogP contribution >= 0.6 is 0 Å². The van der Waals surface area contributed by atoms with Gasteiger partial charge in [0.2, 0.25) is 0 Å². The standard InChI is InChI=1S/C28H20N6O4/c35-33(36)25-11-7-23(8-12-25)31-29-17-21-5-1-3-19-15-20-4-2-6-22(28(20)16-27(19)21)18-30-32-24-9-13-26(14-10-24)34(37)38/h1-18,31-32H/b29-17-,30-18+. The Morgan fingerprint density at radius 2 is 1.00 bits per heavy atom. The summed E-state index contributed by atoms with van der Waals surface area (Å²) in [6.07, 6.45) is 3.42. The number of fused-ring (bicyclic) bond motifs is 2. The quantitative estimate of drug-likeness (QED) is 0.104. The third-order valence-corrected chi connectivity index (χ3v) is 5.90. The van der Waals surface area contributed by atoms with Gasteiger partial charge in [-0.1, -0.05) is 36.4 Å². The van der Waals surface area contributed by atoms with Gasteiger partial charge in [0.15, 0.2) is 0 Å². The molecule has 0 saturated carbocycles. The number of hydrazone groups is 2. The van der Waals surface area contributed by atoms with Crippen LogP contribution < -0.4 is 10.9 Å². The van der Waals surface area contributed by atoms with E-state index in [1.807, 2.05) is 36.4 Å². The Morgan fingerprint density at radius 3 is 1.39 bits per heavy atom. The van der Waals surface area contributed by atoms with Crippen LogP contribution in [0.1, 0.15) is 11.1 Å². The Kier molecular flexibility index (Phi) is 6.68. The summed E-state index contributed by atoms with van der Waals surface area (Å²) in [6.45, 7) is 0. The highest BCUT2D eigenvalue weighted by atomic mass is 16.6. The summed E-state index contributed by atoms with van der Waals surface area (Å²) in [6, 6.07) is 28.2. The Bertz CT molecular complexity index is 1590. The van der Waals surface area contributed by atoms with Crippen molar-refractivity contribution in [3.63, 3.8) is 0 Å². The lowest BCUT2D eigenvalue weighted by Crippen LogP contribution is -1.94. The van der Waals surface area contributed by atoms with E-state index < -0.39 is 9.85 Å². The van der Waals surface area contributed by atoms with Gasteiger partial charge in [-0.15, -0.1) is 0 Å². The number of hydrogen-bond acceptors (Lipinski definition) is 8. The second-order valence-corrected chi connectivity index (χ2v) is 8.34. The highest BCUT2D eigenvalue weighted by molar-refractivity contribution is 6.10. The average molecular weight is 505 g/mol. The number of nitro benzene ring substituents is 2. The normalized spacial score (nSPS) is 11.4. The summed E-state index contributed by atoms with van der Waals surface area (Å²) in [5.74, 6) is 0. The molecule has 0 aliphatic heterocycles. The van der Waals surface area contributed by atoms with E-state index in [1.165, 1.54) is 24.3 Å². The number of benzene rings is 5. The lowest BCUT2D eigenvalue weighted by Gasteiger charge is -2.08. The number of anilines is 2. The van der Waals surface area contributed by atoms with Gasteiger partial charge in [0.25, 0.3) is 11.4 Å². The molecule has 0 bridgehead atoms. The molecule has 38 heavy (non-hydrogen) atoms. The number of nitrogens with one attached hydrogen (secondary N) is 2. The minimum absolute atomic E-state index is 0.0164. The molecule has 0 unspecified atom stereocenters. The number of nitro groups is 2. The van der Waals surface area contributed by atoms with Crippen LogP contribution in [0.3, 0.4) is 0 Å². The van der Waals surface area contributed by atoms with Gasteiger partial charge in [0.1, 0.15) is 0 Å². The predicted octanol–water partition coefficient (Wildman–Crippen LogP) is 6.70. The fourth-order valence-corrected chi connectivity index (χ4v) is 3.99. The first-order valence-electron chi connectivity index (χ1n) is 11.5. The van der Waals surface area contributed by atoms with Gasteiger partial charge in [-0.2, -0.15) is 10.2 Å². The van der Waals surface area contributed by atoms with Crippen molar-refractivity contribution >= 4 is 56.7 Å². The summed E-state index contributed by atoms with van der Waals surface area (Å²) in [5.41, 5.74) is 8.91. The molecule has 0 heterocycles. The van der Waals surface area contributed by atoms with Gasteiger partial charge in [-0.05, 0) is 57.9 Å². The predicted molar refractivity (Wildman–Crippen MR) is 150 cm³/mol. The monoisotopic (exact) mass is 504 g/mol. The van der Waals surface area contributed by atoms with Gasteiger partial charge in [0.05, 0.1) is 33.7 Å². The van der Waals surface area contributed by atoms with Gasteiger partial charge >= 0.3 is 0 Å². The van der Waals surface area contributed by atoms with Crippen molar-refractivity contribution in [2.45, 2.75) is 0 Å². The van der Waals surface area contributed by atoms with E-state index in [-0.39, 0.29) is 11.4 Å². The molecule has 186 valence electrons. The van der Waals surface area contributed by atoms with Crippen molar-refractivity contribution in [1.82, 2.24) is 0 Å². The van der Waals surface area contributed by atoms with Crippen molar-refractivity contribution in [3.05, 3.63) is 128 Å². The molecule has 0 atom stereocenters. The number of hydrogen-bond donors (Lipinski definition) is 2. The second kappa shape index (κ2) is 10.5. The maximum Gasteiger partial charge on any atom is 0.269 e. The van der Waals surface area contributed by atoms with E-state index in [0.717, 1.165) is 32.7 Å². The van der Waals surface area contributed by atoms with E-state index in [4.69, 9.17) is 0 Å². The smallest absolute Gasteiger partial charge is 0.269 e. The van der Waals surface area contributed by atoms with Crippen molar-refractivity contribution in [1.29, 1.82) is 0 Å². The first kappa shape index (κ1) is 24.1. The third kappa shape index (κ3) is 5.29. The van der Waals surface area contributed by atoms with E-state index in [2.05, 4.69) is 33.2 Å². The minimum atomic E-state index is -0.446. The van der Waals surface area contributed by atoms with Crippen LogP contribution in [0, 0.1) is 20.2 Å². The van der Waals surface area contributed by atoms with Crippen molar-refractivity contribution in [2.24, 2.45) is 10.2 Å². The zero-order chi connectivity index (χ0) is 26.5. The second-order valence-electron chi connectivity index (χ2n) is 8.34. The third-order valence-electron chi connectivity index (χ3n) is 5.90. The van der Waals surface area contributed by atoms with Gasteiger partial charge in [-0.3, -0.25) is 31.1 Å². The number of non-ortho nitro benzene ring substituents is 2. The molecule has 10 heteroatoms. The highest BCUT2D eigenvalue weighted by Gasteiger charge is 2.07. The number of nitrogens with zero attached hydrogens (tertiary/aromatic N) is 4. The molecular formula is C28H20N6O4. The summed E-state index contributed by atoms with van der Waals surface area (Å²) in [5, 5.41) is 34.4. The molecule has 5 aromatic rings. The topological polar surface area (TPSA) is 135 Å². The fraction of sp³-hybridized carbons (Fsp3) is 0. The first-order chi connectivity index (χ1) is 18.5. The van der Waals surface area contributed by atoms with Crippen molar-refractivity contribution < 1.29 is 9.85 Å². The minimum Gasteiger partial charge on any atom is -0.278 e. The molecular weight excluding hydrogens is 484 g/mol. The molecule has 0 aliphatic carbocycles. The molecule has 0 spiro atoms. The Balaban J connectivity index is 1.40. The van der Waals surface area contributed by atoms with Crippen LogP contribution in [-0.4, -0.2) is 22.3 Å². The summed E-state index contributed by atoms with van der Waals surface area (Å²) in [4.78, 5) is 20.8. The maximum absolute atomic E-state index is 10.8. The molecule has 0 fully saturated rings. The average Bonchev–Trinajstić information content (AvgIpc) is 2.93. The molecule has 10 nitrogen and oxygen atoms in total. The summed E-state index contributed by atoms with van der Waals surface area (Å²) in [7, 11) is 0. The van der Waals surface area contributed by atoms with Crippen molar-refractivity contribution in [3.8, 4) is 0 Å². The molecule has 0 aliphatic rings. The van der Waals surface area contributed by atoms with Crippen LogP contribution in [0.5, 0.6) is 0 Å². The molecule has 5 aromatic carbocycles. The van der Waals surface area contributed by atoms with Crippen LogP contribution in [0.15, 0.2) is 107 Å². The van der Waals surface area contributed by atoms with Crippen LogP contribution in [0.4, 0.5) is 22.7 Å². The van der Waals surface area contributed by atoms with Crippen LogP contribution in [-0.2, 0) is 0 Å². The Morgan fingerprint density at radius 1 is 0.579 bits per heavy atom. The van der Waals surface area contributed by atoms with Crippen LogP contribution in [0.25, 0.3) is 21.5 Å². The Hall–Kier alpha value is -5.64. The zero-order valence-electron chi connectivity index (χ0n) is 19.8. The first-order valence-corrected chi connectivity index (χ1v) is 11.5. The van der Waals surface area contributed by atoms with E-state index in [9.17, 15) is 20.2 Å². The summed E-state index contributed by atoms with van der Waals surface area (Å²) >= 11 is 0.